The Bertz CT molecular complexity index is 1240. The van der Waals surface area contributed by atoms with Gasteiger partial charge in [-0.15, -0.1) is 0 Å². The van der Waals surface area contributed by atoms with Gasteiger partial charge < -0.3 is 0 Å². The van der Waals surface area contributed by atoms with Crippen LogP contribution in [0.4, 0.5) is 0 Å². The predicted molar refractivity (Wildman–Crippen MR) is 120 cm³/mol. The number of fused-ring (bicyclic) bond motifs is 1. The second-order valence-electron chi connectivity index (χ2n) is 6.68. The summed E-state index contributed by atoms with van der Waals surface area (Å²) in [6, 6.07) is 35.7. The largest absolute Gasteiger partial charge is 0.292 e. The molecule has 3 heteroatoms. The number of imidazole rings is 1. The first-order chi connectivity index (χ1) is 13.8. The van der Waals surface area contributed by atoms with E-state index in [4.69, 9.17) is 4.98 Å². The van der Waals surface area contributed by atoms with Crippen molar-refractivity contribution in [3.63, 3.8) is 0 Å². The average Bonchev–Trinajstić information content (AvgIpc) is 3.14. The molecule has 28 heavy (non-hydrogen) atoms. The first-order valence-corrected chi connectivity index (χ1v) is 9.98. The van der Waals surface area contributed by atoms with E-state index in [2.05, 4.69) is 111 Å². The molecule has 5 rings (SSSR count). The molecule has 0 aliphatic rings. The monoisotopic (exact) mass is 424 g/mol. The van der Waals surface area contributed by atoms with E-state index in [9.17, 15) is 0 Å². The van der Waals surface area contributed by atoms with E-state index >= 15 is 0 Å². The summed E-state index contributed by atoms with van der Waals surface area (Å²) in [5.74, 6) is 0.953. The number of hydrogen-bond acceptors (Lipinski definition) is 1. The summed E-state index contributed by atoms with van der Waals surface area (Å²) in [5.41, 5.74) is 6.67. The normalized spacial score (nSPS) is 11.0. The van der Waals surface area contributed by atoms with Gasteiger partial charge in [-0.25, -0.2) is 4.98 Å². The minimum absolute atomic E-state index is 0.953. The summed E-state index contributed by atoms with van der Waals surface area (Å²) in [6.07, 6.45) is 0. The van der Waals surface area contributed by atoms with Crippen LogP contribution in [-0.4, -0.2) is 9.55 Å². The van der Waals surface area contributed by atoms with Crippen LogP contribution in [0.1, 0.15) is 0 Å². The Morgan fingerprint density at radius 2 is 1.25 bits per heavy atom. The topological polar surface area (TPSA) is 17.8 Å². The van der Waals surface area contributed by atoms with Crippen molar-refractivity contribution in [1.29, 1.82) is 0 Å². The fourth-order valence-electron chi connectivity index (χ4n) is 3.52. The number of nitrogens with zero attached hydrogens (tertiary/aromatic N) is 2. The minimum atomic E-state index is 0.953. The Morgan fingerprint density at radius 3 is 1.96 bits per heavy atom. The van der Waals surface area contributed by atoms with Crippen LogP contribution in [-0.2, 0) is 0 Å². The predicted octanol–water partition coefficient (Wildman–Crippen LogP) is 7.12. The third-order valence-corrected chi connectivity index (χ3v) is 5.41. The van der Waals surface area contributed by atoms with Crippen molar-refractivity contribution in [3.8, 4) is 28.2 Å². The van der Waals surface area contributed by atoms with Crippen molar-refractivity contribution >= 4 is 27.0 Å². The third-order valence-electron chi connectivity index (χ3n) is 4.88. The first-order valence-electron chi connectivity index (χ1n) is 9.19. The van der Waals surface area contributed by atoms with Gasteiger partial charge in [0, 0.05) is 15.7 Å². The van der Waals surface area contributed by atoms with E-state index in [1.54, 1.807) is 0 Å². The summed E-state index contributed by atoms with van der Waals surface area (Å²) in [5, 5.41) is 0. The van der Waals surface area contributed by atoms with Crippen molar-refractivity contribution in [1.82, 2.24) is 9.55 Å². The van der Waals surface area contributed by atoms with Gasteiger partial charge in [-0.3, -0.25) is 4.57 Å². The molecule has 0 unspecified atom stereocenters. The maximum absolute atomic E-state index is 4.96. The summed E-state index contributed by atoms with van der Waals surface area (Å²) in [4.78, 5) is 4.96. The van der Waals surface area contributed by atoms with Gasteiger partial charge in [0.1, 0.15) is 5.82 Å². The van der Waals surface area contributed by atoms with Crippen LogP contribution in [0.25, 0.3) is 39.2 Å². The number of aromatic nitrogens is 2. The molecular formula is C25H17BrN2. The standard InChI is InChI=1S/C25H17BrN2/c26-21-14-11-18(12-15-21)20-13-16-23-24(17-20)28(22-9-5-2-6-10-22)25(27-23)19-7-3-1-4-8-19/h1-17H. The molecule has 0 bridgehead atoms. The van der Waals surface area contributed by atoms with E-state index in [-0.39, 0.29) is 0 Å². The zero-order chi connectivity index (χ0) is 18.9. The molecule has 0 saturated heterocycles. The van der Waals surface area contributed by atoms with Gasteiger partial charge in [-0.1, -0.05) is 82.7 Å². The Labute approximate surface area is 172 Å². The molecule has 134 valence electrons. The Balaban J connectivity index is 1.78. The van der Waals surface area contributed by atoms with Gasteiger partial charge in [0.05, 0.1) is 11.0 Å². The minimum Gasteiger partial charge on any atom is -0.292 e. The number of hydrogen-bond donors (Lipinski definition) is 0. The second kappa shape index (κ2) is 7.10. The fraction of sp³-hybridized carbons (Fsp3) is 0. The Hall–Kier alpha value is -3.17. The molecule has 0 N–H and O–H groups in total. The smallest absolute Gasteiger partial charge is 0.145 e. The number of para-hydroxylation sites is 1. The fourth-order valence-corrected chi connectivity index (χ4v) is 3.78. The highest BCUT2D eigenvalue weighted by Gasteiger charge is 2.15. The van der Waals surface area contributed by atoms with Crippen molar-refractivity contribution in [2.24, 2.45) is 0 Å². The molecule has 0 spiro atoms. The number of rotatable bonds is 3. The second-order valence-corrected chi connectivity index (χ2v) is 7.60. The number of benzene rings is 4. The van der Waals surface area contributed by atoms with Gasteiger partial charge >= 0.3 is 0 Å². The highest BCUT2D eigenvalue weighted by molar-refractivity contribution is 9.10. The molecule has 0 amide bonds. The lowest BCUT2D eigenvalue weighted by molar-refractivity contribution is 1.10. The van der Waals surface area contributed by atoms with Crippen molar-refractivity contribution in [2.45, 2.75) is 0 Å². The molecule has 1 aromatic heterocycles. The highest BCUT2D eigenvalue weighted by atomic mass is 79.9. The lowest BCUT2D eigenvalue weighted by Gasteiger charge is -2.10. The zero-order valence-corrected chi connectivity index (χ0v) is 16.7. The Morgan fingerprint density at radius 1 is 0.607 bits per heavy atom. The van der Waals surface area contributed by atoms with E-state index in [0.29, 0.717) is 0 Å². The van der Waals surface area contributed by atoms with Gasteiger partial charge in [-0.05, 0) is 47.5 Å². The summed E-state index contributed by atoms with van der Waals surface area (Å²) in [7, 11) is 0. The lowest BCUT2D eigenvalue weighted by Crippen LogP contribution is -1.97. The number of halogens is 1. The summed E-state index contributed by atoms with van der Waals surface area (Å²) < 4.78 is 3.32. The molecule has 1 heterocycles. The van der Waals surface area contributed by atoms with E-state index in [1.165, 1.54) is 11.1 Å². The SMILES string of the molecule is Brc1ccc(-c2ccc3nc(-c4ccccc4)n(-c4ccccc4)c3c2)cc1. The average molecular weight is 425 g/mol. The Kier molecular flexibility index (Phi) is 4.30. The van der Waals surface area contributed by atoms with Gasteiger partial charge in [-0.2, -0.15) is 0 Å². The van der Waals surface area contributed by atoms with E-state index in [1.807, 2.05) is 12.1 Å². The molecule has 0 aliphatic heterocycles. The molecule has 4 aromatic carbocycles. The van der Waals surface area contributed by atoms with Gasteiger partial charge in [0.25, 0.3) is 0 Å². The molecule has 0 fully saturated rings. The molecule has 2 nitrogen and oxygen atoms in total. The van der Waals surface area contributed by atoms with Crippen LogP contribution in [0.15, 0.2) is 108 Å². The van der Waals surface area contributed by atoms with Crippen LogP contribution in [0.5, 0.6) is 0 Å². The highest BCUT2D eigenvalue weighted by Crippen LogP contribution is 2.32. The van der Waals surface area contributed by atoms with Crippen LogP contribution in [0, 0.1) is 0 Å². The van der Waals surface area contributed by atoms with Gasteiger partial charge in [0.15, 0.2) is 0 Å². The van der Waals surface area contributed by atoms with Crippen molar-refractivity contribution in [3.05, 3.63) is 108 Å². The van der Waals surface area contributed by atoms with Crippen LogP contribution < -0.4 is 0 Å². The molecule has 0 atom stereocenters. The van der Waals surface area contributed by atoms with E-state index in [0.717, 1.165) is 32.6 Å². The maximum atomic E-state index is 4.96. The third kappa shape index (κ3) is 3.04. The van der Waals surface area contributed by atoms with Crippen molar-refractivity contribution in [2.75, 3.05) is 0 Å². The molecule has 5 aromatic rings. The summed E-state index contributed by atoms with van der Waals surface area (Å²) >= 11 is 3.52. The zero-order valence-electron chi connectivity index (χ0n) is 15.1. The molecule has 0 radical (unpaired) electrons. The summed E-state index contributed by atoms with van der Waals surface area (Å²) in [6.45, 7) is 0. The first kappa shape index (κ1) is 17.0. The van der Waals surface area contributed by atoms with Crippen LogP contribution in [0.2, 0.25) is 0 Å². The van der Waals surface area contributed by atoms with Crippen LogP contribution >= 0.6 is 15.9 Å². The quantitative estimate of drug-likeness (QED) is 0.301. The lowest BCUT2D eigenvalue weighted by atomic mass is 10.1. The molecule has 0 saturated carbocycles. The molecule has 0 aliphatic carbocycles. The maximum Gasteiger partial charge on any atom is 0.145 e. The molecular weight excluding hydrogens is 408 g/mol. The van der Waals surface area contributed by atoms with E-state index < -0.39 is 0 Å². The van der Waals surface area contributed by atoms with Gasteiger partial charge in [0.2, 0.25) is 0 Å². The van der Waals surface area contributed by atoms with Crippen molar-refractivity contribution < 1.29 is 0 Å². The van der Waals surface area contributed by atoms with Crippen LogP contribution in [0.3, 0.4) is 0 Å².